The van der Waals surface area contributed by atoms with Crippen LogP contribution in [-0.4, -0.2) is 65.7 Å². The van der Waals surface area contributed by atoms with Gasteiger partial charge in [-0.15, -0.1) is 0 Å². The molecule has 14 heteroatoms. The van der Waals surface area contributed by atoms with E-state index in [4.69, 9.17) is 14.2 Å². The highest BCUT2D eigenvalue weighted by Crippen LogP contribution is 2.29. The van der Waals surface area contributed by atoms with E-state index in [1.807, 2.05) is 4.90 Å². The van der Waals surface area contributed by atoms with Crippen molar-refractivity contribution in [2.75, 3.05) is 13.1 Å². The zero-order valence-corrected chi connectivity index (χ0v) is 35.4. The molecule has 14 nitrogen and oxygen atoms in total. The first-order chi connectivity index (χ1) is 30.5. The Morgan fingerprint density at radius 2 is 0.968 bits per heavy atom. The predicted molar refractivity (Wildman–Crippen MR) is 227 cm³/mol. The molecule has 0 bridgehead atoms. The molecule has 1 amide bonds. The molecular formula is C49H49NO13. The molecule has 63 heavy (non-hydrogen) atoms. The van der Waals surface area contributed by atoms with Crippen LogP contribution in [0.4, 0.5) is 0 Å². The molecule has 2 aliphatic heterocycles. The van der Waals surface area contributed by atoms with Crippen molar-refractivity contribution in [3.8, 4) is 11.5 Å². The van der Waals surface area contributed by atoms with Gasteiger partial charge in [0.05, 0.1) is 33.4 Å². The predicted octanol–water partition coefficient (Wildman–Crippen LogP) is 9.27. The molecular weight excluding hydrogens is 811 g/mol. The average molecular weight is 860 g/mol. The number of carbonyl (C=O) groups is 8. The molecule has 4 aromatic carbocycles. The van der Waals surface area contributed by atoms with Crippen molar-refractivity contribution in [3.05, 3.63) is 129 Å². The standard InChI is InChI=1S/C49H49NO13/c1-3-5-7-9-11-13-25-50(26-14-12-10-8-6-4-2)42(51)32-17-15-31(16-18-32)30-59-45(54)40-29-35(60-43(52)33-19-22-36-38(27-33)48(57)62-46(36)55)21-24-41(40)61-44(53)34-20-23-37-39(28-34)49(58)63-47(37)56/h15-24,27-29H,3-14,25-26,30H2,1-2H3. The molecule has 6 rings (SSSR count). The van der Waals surface area contributed by atoms with Crippen molar-refractivity contribution in [1.82, 2.24) is 4.90 Å². The van der Waals surface area contributed by atoms with Crippen molar-refractivity contribution in [1.29, 1.82) is 0 Å². The molecule has 0 unspecified atom stereocenters. The first kappa shape index (κ1) is 45.6. The molecule has 4 aromatic rings. The third-order valence-electron chi connectivity index (χ3n) is 10.8. The zero-order valence-electron chi connectivity index (χ0n) is 35.4. The normalized spacial score (nSPS) is 12.6. The summed E-state index contributed by atoms with van der Waals surface area (Å²) in [5.41, 5.74) is 0.274. The Morgan fingerprint density at radius 3 is 1.51 bits per heavy atom. The maximum Gasteiger partial charge on any atom is 0.346 e. The van der Waals surface area contributed by atoms with E-state index in [0.717, 1.165) is 56.7 Å². The number of carbonyl (C=O) groups excluding carboxylic acids is 8. The Hall–Kier alpha value is -6.96. The largest absolute Gasteiger partial charge is 0.457 e. The maximum atomic E-state index is 13.7. The molecule has 2 aliphatic rings. The van der Waals surface area contributed by atoms with Gasteiger partial charge < -0.3 is 28.6 Å². The molecule has 0 radical (unpaired) electrons. The Balaban J connectivity index is 1.16. The first-order valence-electron chi connectivity index (χ1n) is 21.4. The summed E-state index contributed by atoms with van der Waals surface area (Å²) in [6.07, 6.45) is 13.5. The summed E-state index contributed by atoms with van der Waals surface area (Å²) in [6, 6.07) is 17.7. The second-order valence-corrected chi connectivity index (χ2v) is 15.4. The van der Waals surface area contributed by atoms with Crippen molar-refractivity contribution >= 4 is 47.7 Å². The van der Waals surface area contributed by atoms with Gasteiger partial charge >= 0.3 is 41.8 Å². The van der Waals surface area contributed by atoms with Crippen LogP contribution in [0.3, 0.4) is 0 Å². The lowest BCUT2D eigenvalue weighted by Gasteiger charge is -2.23. The summed E-state index contributed by atoms with van der Waals surface area (Å²) in [7, 11) is 0. The van der Waals surface area contributed by atoms with Gasteiger partial charge in [0.1, 0.15) is 23.7 Å². The SMILES string of the molecule is CCCCCCCCN(CCCCCCCC)C(=O)c1ccc(COC(=O)c2cc(OC(=O)c3ccc4c(c3)C(=O)OC4=O)ccc2OC(=O)c2ccc3c(c2)C(=O)OC3=O)cc1. The van der Waals surface area contributed by atoms with Crippen molar-refractivity contribution in [3.63, 3.8) is 0 Å². The highest BCUT2D eigenvalue weighted by atomic mass is 16.6. The van der Waals surface area contributed by atoms with Crippen LogP contribution in [0.25, 0.3) is 0 Å². The lowest BCUT2D eigenvalue weighted by atomic mass is 10.1. The summed E-state index contributed by atoms with van der Waals surface area (Å²) in [5, 5.41) is 0. The lowest BCUT2D eigenvalue weighted by molar-refractivity contribution is 0.0425. The van der Waals surface area contributed by atoms with E-state index in [1.54, 1.807) is 24.3 Å². The number of fused-ring (bicyclic) bond motifs is 2. The van der Waals surface area contributed by atoms with Crippen molar-refractivity contribution in [2.24, 2.45) is 0 Å². The van der Waals surface area contributed by atoms with Crippen LogP contribution in [0.1, 0.15) is 179 Å². The minimum absolute atomic E-state index is 0.00480. The number of ether oxygens (including phenoxy) is 5. The number of hydrogen-bond acceptors (Lipinski definition) is 13. The highest BCUT2D eigenvalue weighted by molar-refractivity contribution is 6.16. The van der Waals surface area contributed by atoms with Crippen LogP contribution in [0.5, 0.6) is 11.5 Å². The first-order valence-corrected chi connectivity index (χ1v) is 21.4. The third-order valence-corrected chi connectivity index (χ3v) is 10.8. The van der Waals surface area contributed by atoms with Crippen LogP contribution < -0.4 is 9.47 Å². The Bertz CT molecular complexity index is 2380. The number of esters is 7. The van der Waals surface area contributed by atoms with Gasteiger partial charge in [0, 0.05) is 18.7 Å². The van der Waals surface area contributed by atoms with Gasteiger partial charge in [-0.2, -0.15) is 0 Å². The molecule has 0 N–H and O–H groups in total. The Kier molecular flexibility index (Phi) is 15.7. The minimum atomic E-state index is -0.995. The number of rotatable bonds is 22. The van der Waals surface area contributed by atoms with Crippen LogP contribution in [0, 0.1) is 0 Å². The van der Waals surface area contributed by atoms with Crippen LogP contribution in [0.15, 0.2) is 78.9 Å². The second kappa shape index (κ2) is 21.7. The summed E-state index contributed by atoms with van der Waals surface area (Å²) < 4.78 is 25.9. The van der Waals surface area contributed by atoms with E-state index < -0.39 is 41.8 Å². The molecule has 2 heterocycles. The van der Waals surface area contributed by atoms with Crippen molar-refractivity contribution < 1.29 is 62.0 Å². The summed E-state index contributed by atoms with van der Waals surface area (Å²) >= 11 is 0. The molecule has 0 atom stereocenters. The molecule has 0 fully saturated rings. The van der Waals surface area contributed by atoms with Crippen molar-refractivity contribution in [2.45, 2.75) is 97.5 Å². The number of cyclic esters (lactones) is 4. The van der Waals surface area contributed by atoms with E-state index in [2.05, 4.69) is 23.3 Å². The molecule has 0 spiro atoms. The Labute approximate surface area is 364 Å². The number of nitrogens with zero attached hydrogens (tertiary/aromatic N) is 1. The quantitative estimate of drug-likeness (QED) is 0.0240. The van der Waals surface area contributed by atoms with E-state index in [1.165, 1.54) is 74.9 Å². The summed E-state index contributed by atoms with van der Waals surface area (Å²) in [4.78, 5) is 104. The van der Waals surface area contributed by atoms with Gasteiger partial charge in [-0.25, -0.2) is 33.6 Å². The monoisotopic (exact) mass is 859 g/mol. The van der Waals surface area contributed by atoms with Gasteiger partial charge in [0.2, 0.25) is 0 Å². The molecule has 328 valence electrons. The summed E-state index contributed by atoms with van der Waals surface area (Å²) in [6.45, 7) is 5.50. The highest BCUT2D eigenvalue weighted by Gasteiger charge is 2.32. The fraction of sp³-hybridized carbons (Fsp3) is 0.347. The van der Waals surface area contributed by atoms with Gasteiger partial charge in [-0.3, -0.25) is 4.79 Å². The number of hydrogen-bond donors (Lipinski definition) is 0. The molecule has 0 aromatic heterocycles. The zero-order chi connectivity index (χ0) is 44.9. The van der Waals surface area contributed by atoms with Crippen LogP contribution >= 0.6 is 0 Å². The van der Waals surface area contributed by atoms with Gasteiger partial charge in [0.25, 0.3) is 5.91 Å². The van der Waals surface area contributed by atoms with E-state index in [-0.39, 0.29) is 63.0 Å². The maximum absolute atomic E-state index is 13.7. The molecule has 0 saturated carbocycles. The topological polar surface area (TPSA) is 186 Å². The van der Waals surface area contributed by atoms with E-state index in [0.29, 0.717) is 24.2 Å². The lowest BCUT2D eigenvalue weighted by Crippen LogP contribution is -2.33. The van der Waals surface area contributed by atoms with Crippen LogP contribution in [-0.2, 0) is 20.8 Å². The third kappa shape index (κ3) is 11.7. The van der Waals surface area contributed by atoms with Gasteiger partial charge in [-0.1, -0.05) is 90.2 Å². The van der Waals surface area contributed by atoms with Gasteiger partial charge in [0.15, 0.2) is 0 Å². The number of benzene rings is 4. The van der Waals surface area contributed by atoms with Gasteiger partial charge in [-0.05, 0) is 85.1 Å². The molecule has 0 saturated heterocycles. The molecule has 0 aliphatic carbocycles. The fourth-order valence-electron chi connectivity index (χ4n) is 7.20. The number of amides is 1. The Morgan fingerprint density at radius 1 is 0.492 bits per heavy atom. The smallest absolute Gasteiger partial charge is 0.346 e. The fourth-order valence-corrected chi connectivity index (χ4v) is 7.20. The number of unbranched alkanes of at least 4 members (excludes halogenated alkanes) is 10. The average Bonchev–Trinajstić information content (AvgIpc) is 3.75. The van der Waals surface area contributed by atoms with E-state index >= 15 is 0 Å². The second-order valence-electron chi connectivity index (χ2n) is 15.4. The van der Waals surface area contributed by atoms with Crippen LogP contribution in [0.2, 0.25) is 0 Å². The van der Waals surface area contributed by atoms with E-state index in [9.17, 15) is 38.4 Å². The summed E-state index contributed by atoms with van der Waals surface area (Å²) in [5.74, 6) is -6.96. The minimum Gasteiger partial charge on any atom is -0.457 e.